The van der Waals surface area contributed by atoms with Crippen molar-refractivity contribution < 1.29 is 17.6 Å². The van der Waals surface area contributed by atoms with Crippen LogP contribution in [0.1, 0.15) is 5.69 Å². The first-order valence-corrected chi connectivity index (χ1v) is 7.67. The van der Waals surface area contributed by atoms with Crippen LogP contribution in [0.5, 0.6) is 0 Å². The molecule has 2 rings (SSSR count). The minimum Gasteiger partial charge on any atom is -0.348 e. The van der Waals surface area contributed by atoms with E-state index in [1.807, 2.05) is 10.3 Å². The molecular weight excluding hydrogens is 313 g/mol. The molecule has 0 bridgehead atoms. The van der Waals surface area contributed by atoms with Gasteiger partial charge in [-0.3, -0.25) is 10.2 Å². The number of hydrogen-bond acceptors (Lipinski definition) is 5. The maximum absolute atomic E-state index is 12.8. The largest absolute Gasteiger partial charge is 0.348 e. The molecular formula is C12H14FN5O3S. The Kier molecular flexibility index (Phi) is 4.85. The number of rotatable bonds is 6. The highest BCUT2D eigenvalue weighted by molar-refractivity contribution is 7.89. The lowest BCUT2D eigenvalue weighted by atomic mass is 10.2. The summed E-state index contributed by atoms with van der Waals surface area (Å²) in [5, 5.41) is 0. The van der Waals surface area contributed by atoms with Crippen LogP contribution >= 0.6 is 0 Å². The Labute approximate surface area is 126 Å². The number of hydrogen-bond donors (Lipinski definition) is 4. The SMILES string of the molecule is N[C@@H](Cc1cnc[nH]1)C(=O)NNS(=O)(=O)c1ccc(F)cc1. The summed E-state index contributed by atoms with van der Waals surface area (Å²) in [7, 11) is -3.99. The van der Waals surface area contributed by atoms with E-state index in [0.29, 0.717) is 5.69 Å². The lowest BCUT2D eigenvalue weighted by Crippen LogP contribution is -2.49. The molecule has 22 heavy (non-hydrogen) atoms. The maximum atomic E-state index is 12.8. The predicted molar refractivity (Wildman–Crippen MR) is 75.1 cm³/mol. The van der Waals surface area contributed by atoms with Gasteiger partial charge in [0.05, 0.1) is 17.3 Å². The summed E-state index contributed by atoms with van der Waals surface area (Å²) in [6.07, 6.45) is 3.12. The first-order valence-electron chi connectivity index (χ1n) is 6.18. The Bertz CT molecular complexity index is 731. The molecule has 0 radical (unpaired) electrons. The average Bonchev–Trinajstić information content (AvgIpc) is 2.98. The van der Waals surface area contributed by atoms with Gasteiger partial charge < -0.3 is 10.7 Å². The van der Waals surface area contributed by atoms with E-state index in [4.69, 9.17) is 5.73 Å². The number of nitrogens with one attached hydrogen (secondary N) is 3. The maximum Gasteiger partial charge on any atom is 0.257 e. The monoisotopic (exact) mass is 327 g/mol. The highest BCUT2D eigenvalue weighted by atomic mass is 32.2. The number of aromatic nitrogens is 2. The van der Waals surface area contributed by atoms with Gasteiger partial charge in [0.2, 0.25) is 0 Å². The van der Waals surface area contributed by atoms with Crippen LogP contribution < -0.4 is 16.0 Å². The third-order valence-corrected chi connectivity index (χ3v) is 4.03. The highest BCUT2D eigenvalue weighted by Gasteiger charge is 2.19. The fourth-order valence-electron chi connectivity index (χ4n) is 1.61. The normalized spacial score (nSPS) is 12.8. The quantitative estimate of drug-likeness (QED) is 0.528. The number of carbonyl (C=O) groups is 1. The number of sulfonamides is 1. The second-order valence-electron chi connectivity index (χ2n) is 4.44. The Hall–Kier alpha value is -2.30. The van der Waals surface area contributed by atoms with Crippen LogP contribution in [0.25, 0.3) is 0 Å². The Morgan fingerprint density at radius 1 is 1.36 bits per heavy atom. The van der Waals surface area contributed by atoms with Crippen LogP contribution in [0, 0.1) is 5.82 Å². The molecule has 0 saturated carbocycles. The summed E-state index contributed by atoms with van der Waals surface area (Å²) in [4.78, 5) is 20.0. The van der Waals surface area contributed by atoms with Gasteiger partial charge in [-0.05, 0) is 24.3 Å². The van der Waals surface area contributed by atoms with Gasteiger partial charge in [-0.2, -0.15) is 0 Å². The molecule has 8 nitrogen and oxygen atoms in total. The number of hydrazine groups is 1. The summed E-state index contributed by atoms with van der Waals surface area (Å²) in [6, 6.07) is 3.19. The summed E-state index contributed by atoms with van der Waals surface area (Å²) in [5.74, 6) is -1.27. The lowest BCUT2D eigenvalue weighted by Gasteiger charge is -2.12. The topological polar surface area (TPSA) is 130 Å². The molecule has 1 aromatic heterocycles. The lowest BCUT2D eigenvalue weighted by molar-refractivity contribution is -0.122. The summed E-state index contributed by atoms with van der Waals surface area (Å²) < 4.78 is 36.5. The van der Waals surface area contributed by atoms with Crippen LogP contribution in [-0.2, 0) is 21.2 Å². The third-order valence-electron chi connectivity index (χ3n) is 2.76. The molecule has 1 atom stereocenters. The zero-order chi connectivity index (χ0) is 16.2. The van der Waals surface area contributed by atoms with E-state index >= 15 is 0 Å². The van der Waals surface area contributed by atoms with Crippen LogP contribution in [0.3, 0.4) is 0 Å². The summed E-state index contributed by atoms with van der Waals surface area (Å²) in [6.45, 7) is 0. The number of nitrogens with zero attached hydrogens (tertiary/aromatic N) is 1. The van der Waals surface area contributed by atoms with Crippen molar-refractivity contribution in [3.63, 3.8) is 0 Å². The first kappa shape index (κ1) is 16.1. The molecule has 0 aliphatic carbocycles. The fourth-order valence-corrected chi connectivity index (χ4v) is 2.46. The van der Waals surface area contributed by atoms with Crippen LogP contribution in [0.4, 0.5) is 4.39 Å². The minimum absolute atomic E-state index is 0.171. The number of amides is 1. The van der Waals surface area contributed by atoms with Gasteiger partial charge in [-0.1, -0.05) is 0 Å². The van der Waals surface area contributed by atoms with E-state index in [0.717, 1.165) is 24.3 Å². The van der Waals surface area contributed by atoms with Gasteiger partial charge in [-0.25, -0.2) is 17.8 Å². The number of nitrogens with two attached hydrogens (primary N) is 1. The number of carbonyl (C=O) groups excluding carboxylic acids is 1. The molecule has 1 aromatic carbocycles. The smallest absolute Gasteiger partial charge is 0.257 e. The van der Waals surface area contributed by atoms with Crippen molar-refractivity contribution in [3.05, 3.63) is 48.3 Å². The zero-order valence-electron chi connectivity index (χ0n) is 11.3. The Morgan fingerprint density at radius 2 is 2.05 bits per heavy atom. The second-order valence-corrected chi connectivity index (χ2v) is 6.12. The van der Waals surface area contributed by atoms with E-state index in [1.165, 1.54) is 12.5 Å². The third kappa shape index (κ3) is 4.10. The average molecular weight is 327 g/mol. The van der Waals surface area contributed by atoms with Gasteiger partial charge in [0, 0.05) is 18.3 Å². The van der Waals surface area contributed by atoms with E-state index in [-0.39, 0.29) is 11.3 Å². The van der Waals surface area contributed by atoms with Crippen LogP contribution in [0.15, 0.2) is 41.7 Å². The molecule has 0 aliphatic heterocycles. The molecule has 0 unspecified atom stereocenters. The molecule has 2 aromatic rings. The molecule has 10 heteroatoms. The molecule has 0 spiro atoms. The number of benzene rings is 1. The Morgan fingerprint density at radius 3 is 2.64 bits per heavy atom. The number of H-pyrrole nitrogens is 1. The van der Waals surface area contributed by atoms with Crippen LogP contribution in [0.2, 0.25) is 0 Å². The van der Waals surface area contributed by atoms with Crippen LogP contribution in [-0.4, -0.2) is 30.3 Å². The van der Waals surface area contributed by atoms with Gasteiger partial charge >= 0.3 is 0 Å². The van der Waals surface area contributed by atoms with E-state index in [1.54, 1.807) is 0 Å². The van der Waals surface area contributed by atoms with Crippen molar-refractivity contribution in [1.29, 1.82) is 0 Å². The number of halogens is 1. The first-order chi connectivity index (χ1) is 10.4. The highest BCUT2D eigenvalue weighted by Crippen LogP contribution is 2.08. The summed E-state index contributed by atoms with van der Waals surface area (Å²) >= 11 is 0. The van der Waals surface area contributed by atoms with Crippen molar-refractivity contribution in [2.45, 2.75) is 17.4 Å². The van der Waals surface area contributed by atoms with Crippen molar-refractivity contribution in [3.8, 4) is 0 Å². The molecule has 1 heterocycles. The standard InChI is InChI=1S/C12H14FN5O3S/c13-8-1-3-10(4-2-8)22(20,21)18-17-12(19)11(14)5-9-6-15-7-16-9/h1-4,6-7,11,18H,5,14H2,(H,15,16)(H,17,19)/t11-/m0/s1. The molecule has 0 saturated heterocycles. The molecule has 1 amide bonds. The van der Waals surface area contributed by atoms with Gasteiger partial charge in [0.15, 0.2) is 0 Å². The van der Waals surface area contributed by atoms with Crippen molar-refractivity contribution in [2.24, 2.45) is 5.73 Å². The van der Waals surface area contributed by atoms with Gasteiger partial charge in [0.25, 0.3) is 15.9 Å². The van der Waals surface area contributed by atoms with Crippen molar-refractivity contribution >= 4 is 15.9 Å². The minimum atomic E-state index is -3.99. The van der Waals surface area contributed by atoms with Crippen molar-refractivity contribution in [1.82, 2.24) is 20.2 Å². The number of imidazole rings is 1. The number of aromatic amines is 1. The van der Waals surface area contributed by atoms with E-state index in [9.17, 15) is 17.6 Å². The zero-order valence-corrected chi connectivity index (χ0v) is 12.1. The predicted octanol–water partition coefficient (Wildman–Crippen LogP) is -0.572. The molecule has 5 N–H and O–H groups in total. The van der Waals surface area contributed by atoms with Gasteiger partial charge in [0.1, 0.15) is 5.82 Å². The molecule has 118 valence electrons. The van der Waals surface area contributed by atoms with E-state index < -0.39 is 27.8 Å². The molecule has 0 aliphatic rings. The van der Waals surface area contributed by atoms with Crippen molar-refractivity contribution in [2.75, 3.05) is 0 Å². The summed E-state index contributed by atoms with van der Waals surface area (Å²) in [5.41, 5.74) is 8.31. The van der Waals surface area contributed by atoms with Gasteiger partial charge in [-0.15, -0.1) is 4.83 Å². The molecule has 0 fully saturated rings. The second kappa shape index (κ2) is 6.64. The van der Waals surface area contributed by atoms with E-state index in [2.05, 4.69) is 9.97 Å². The fraction of sp³-hybridized carbons (Fsp3) is 0.167. The Balaban J connectivity index is 1.93.